The highest BCUT2D eigenvalue weighted by Gasteiger charge is 2.20. The molecule has 0 saturated carbocycles. The summed E-state index contributed by atoms with van der Waals surface area (Å²) >= 11 is 0. The van der Waals surface area contributed by atoms with E-state index in [1.807, 2.05) is 18.2 Å². The van der Waals surface area contributed by atoms with Gasteiger partial charge in [0.1, 0.15) is 12.1 Å². The highest BCUT2D eigenvalue weighted by atomic mass is 16.2. The van der Waals surface area contributed by atoms with Gasteiger partial charge in [0.25, 0.3) is 0 Å². The Bertz CT molecular complexity index is 392. The second-order valence-electron chi connectivity index (χ2n) is 3.73. The summed E-state index contributed by atoms with van der Waals surface area (Å²) in [6.07, 6.45) is 0. The minimum Gasteiger partial charge on any atom is -0.357 e. The van der Waals surface area contributed by atoms with Crippen molar-refractivity contribution in [2.24, 2.45) is 5.73 Å². The van der Waals surface area contributed by atoms with E-state index in [0.717, 1.165) is 0 Å². The molecule has 0 spiro atoms. The van der Waals surface area contributed by atoms with Gasteiger partial charge in [-0.25, -0.2) is 0 Å². The first kappa shape index (κ1) is 13.2. The number of carbonyl (C=O) groups excluding carboxylic acids is 2. The second-order valence-corrected chi connectivity index (χ2v) is 3.73. The standard InChI is InChI=1S/C12H17N3O2/c1-8(11(16)14-2)15-12(17)10(13)9-6-4-3-5-7-9/h3-8,10H,13H2,1-2H3,(H,14,16)(H,15,17)/t8?,10-/m0/s1. The van der Waals surface area contributed by atoms with Crippen molar-refractivity contribution in [3.8, 4) is 0 Å². The zero-order valence-electron chi connectivity index (χ0n) is 9.94. The van der Waals surface area contributed by atoms with Crippen LogP contribution < -0.4 is 16.4 Å². The predicted octanol–water partition coefficient (Wildman–Crippen LogP) is -0.0629. The largest absolute Gasteiger partial charge is 0.357 e. The van der Waals surface area contributed by atoms with Gasteiger partial charge in [0.05, 0.1) is 0 Å². The zero-order valence-corrected chi connectivity index (χ0v) is 9.94. The van der Waals surface area contributed by atoms with E-state index in [1.165, 1.54) is 7.05 Å². The Morgan fingerprint density at radius 3 is 2.29 bits per heavy atom. The molecule has 5 nitrogen and oxygen atoms in total. The van der Waals surface area contributed by atoms with Crippen molar-refractivity contribution in [1.29, 1.82) is 0 Å². The van der Waals surface area contributed by atoms with Crippen LogP contribution in [0.3, 0.4) is 0 Å². The van der Waals surface area contributed by atoms with Crippen LogP contribution in [0.15, 0.2) is 30.3 Å². The van der Waals surface area contributed by atoms with Gasteiger partial charge in [0.2, 0.25) is 11.8 Å². The molecule has 0 aliphatic rings. The summed E-state index contributed by atoms with van der Waals surface area (Å²) in [5.41, 5.74) is 6.50. The molecule has 0 saturated heterocycles. The van der Waals surface area contributed by atoms with Gasteiger partial charge in [-0.1, -0.05) is 30.3 Å². The van der Waals surface area contributed by atoms with Crippen LogP contribution in [0.2, 0.25) is 0 Å². The van der Waals surface area contributed by atoms with Crippen molar-refractivity contribution in [2.75, 3.05) is 7.05 Å². The fourth-order valence-corrected chi connectivity index (χ4v) is 1.40. The number of likely N-dealkylation sites (N-methyl/N-ethyl adjacent to an activating group) is 1. The number of nitrogens with two attached hydrogens (primary N) is 1. The van der Waals surface area contributed by atoms with Gasteiger partial charge >= 0.3 is 0 Å². The molecule has 5 heteroatoms. The number of rotatable bonds is 4. The Morgan fingerprint density at radius 1 is 1.18 bits per heavy atom. The summed E-state index contributed by atoms with van der Waals surface area (Å²) in [7, 11) is 1.52. The maximum absolute atomic E-state index is 11.8. The fourth-order valence-electron chi connectivity index (χ4n) is 1.40. The summed E-state index contributed by atoms with van der Waals surface area (Å²) in [6.45, 7) is 1.61. The van der Waals surface area contributed by atoms with Crippen LogP contribution in [-0.2, 0) is 9.59 Å². The molecule has 0 aromatic heterocycles. The molecule has 0 aliphatic heterocycles. The number of hydrogen-bond donors (Lipinski definition) is 3. The zero-order chi connectivity index (χ0) is 12.8. The van der Waals surface area contributed by atoms with Crippen LogP contribution in [-0.4, -0.2) is 24.9 Å². The van der Waals surface area contributed by atoms with Crippen molar-refractivity contribution in [1.82, 2.24) is 10.6 Å². The molecule has 0 heterocycles. The minimum atomic E-state index is -0.761. The average Bonchev–Trinajstić information content (AvgIpc) is 2.37. The summed E-state index contributed by atoms with van der Waals surface area (Å²) < 4.78 is 0. The Morgan fingerprint density at radius 2 is 1.76 bits per heavy atom. The van der Waals surface area contributed by atoms with Crippen molar-refractivity contribution in [2.45, 2.75) is 19.0 Å². The van der Waals surface area contributed by atoms with Gasteiger partial charge in [-0.2, -0.15) is 0 Å². The SMILES string of the molecule is CNC(=O)C(C)NC(=O)[C@@H](N)c1ccccc1. The maximum Gasteiger partial charge on any atom is 0.242 e. The molecule has 4 N–H and O–H groups in total. The third kappa shape index (κ3) is 3.57. The quantitative estimate of drug-likeness (QED) is 0.683. The molecule has 1 unspecified atom stereocenters. The molecular weight excluding hydrogens is 218 g/mol. The molecule has 92 valence electrons. The van der Waals surface area contributed by atoms with Gasteiger partial charge < -0.3 is 16.4 Å². The molecule has 1 aromatic rings. The van der Waals surface area contributed by atoms with Crippen LogP contribution in [0.5, 0.6) is 0 Å². The normalized spacial score (nSPS) is 13.6. The van der Waals surface area contributed by atoms with Crippen LogP contribution in [0, 0.1) is 0 Å². The maximum atomic E-state index is 11.8. The topological polar surface area (TPSA) is 84.2 Å². The predicted molar refractivity (Wildman–Crippen MR) is 65.0 cm³/mol. The summed E-state index contributed by atoms with van der Waals surface area (Å²) in [6, 6.07) is 7.66. The Labute approximate surface area is 100 Å². The van der Waals surface area contributed by atoms with Gasteiger partial charge in [0.15, 0.2) is 0 Å². The Kier molecular flexibility index (Phi) is 4.66. The van der Waals surface area contributed by atoms with Crippen LogP contribution in [0.25, 0.3) is 0 Å². The lowest BCUT2D eigenvalue weighted by Gasteiger charge is -2.16. The molecule has 17 heavy (non-hydrogen) atoms. The van der Waals surface area contributed by atoms with E-state index in [1.54, 1.807) is 19.1 Å². The third-order valence-electron chi connectivity index (χ3n) is 2.44. The van der Waals surface area contributed by atoms with Gasteiger partial charge in [-0.3, -0.25) is 9.59 Å². The van der Waals surface area contributed by atoms with Gasteiger partial charge in [0, 0.05) is 7.05 Å². The molecule has 0 aliphatic carbocycles. The van der Waals surface area contributed by atoms with Crippen LogP contribution >= 0.6 is 0 Å². The van der Waals surface area contributed by atoms with Crippen molar-refractivity contribution >= 4 is 11.8 Å². The number of amides is 2. The highest BCUT2D eigenvalue weighted by Crippen LogP contribution is 2.09. The van der Waals surface area contributed by atoms with E-state index in [2.05, 4.69) is 10.6 Å². The second kappa shape index (κ2) is 6.00. The number of benzene rings is 1. The van der Waals surface area contributed by atoms with Crippen LogP contribution in [0.1, 0.15) is 18.5 Å². The van der Waals surface area contributed by atoms with E-state index in [9.17, 15) is 9.59 Å². The molecule has 1 aromatic carbocycles. The molecule has 1 rings (SSSR count). The van der Waals surface area contributed by atoms with E-state index in [4.69, 9.17) is 5.73 Å². The summed E-state index contributed by atoms with van der Waals surface area (Å²) in [5, 5.41) is 5.01. The van der Waals surface area contributed by atoms with Gasteiger partial charge in [-0.15, -0.1) is 0 Å². The summed E-state index contributed by atoms with van der Waals surface area (Å²) in [4.78, 5) is 23.0. The Hall–Kier alpha value is -1.88. The molecule has 2 atom stereocenters. The number of nitrogens with one attached hydrogen (secondary N) is 2. The Balaban J connectivity index is 2.62. The first-order chi connectivity index (χ1) is 8.06. The molecule has 2 amide bonds. The lowest BCUT2D eigenvalue weighted by Crippen LogP contribution is -2.46. The smallest absolute Gasteiger partial charge is 0.242 e. The van der Waals surface area contributed by atoms with E-state index >= 15 is 0 Å². The number of carbonyl (C=O) groups is 2. The van der Waals surface area contributed by atoms with Crippen molar-refractivity contribution in [3.63, 3.8) is 0 Å². The van der Waals surface area contributed by atoms with E-state index in [-0.39, 0.29) is 11.8 Å². The molecule has 0 bridgehead atoms. The monoisotopic (exact) mass is 235 g/mol. The van der Waals surface area contributed by atoms with Crippen molar-refractivity contribution in [3.05, 3.63) is 35.9 Å². The number of hydrogen-bond acceptors (Lipinski definition) is 3. The lowest BCUT2D eigenvalue weighted by atomic mass is 10.1. The van der Waals surface area contributed by atoms with E-state index in [0.29, 0.717) is 5.56 Å². The minimum absolute atomic E-state index is 0.251. The molecular formula is C12H17N3O2. The highest BCUT2D eigenvalue weighted by molar-refractivity contribution is 5.89. The lowest BCUT2D eigenvalue weighted by molar-refractivity contribution is -0.129. The molecule has 0 radical (unpaired) electrons. The molecule has 0 fully saturated rings. The summed E-state index contributed by atoms with van der Waals surface area (Å²) in [5.74, 6) is -0.620. The van der Waals surface area contributed by atoms with E-state index < -0.39 is 12.1 Å². The van der Waals surface area contributed by atoms with Crippen molar-refractivity contribution < 1.29 is 9.59 Å². The van der Waals surface area contributed by atoms with Gasteiger partial charge in [-0.05, 0) is 12.5 Å². The first-order valence-electron chi connectivity index (χ1n) is 5.38. The first-order valence-corrected chi connectivity index (χ1v) is 5.38. The third-order valence-corrected chi connectivity index (χ3v) is 2.44. The average molecular weight is 235 g/mol. The van der Waals surface area contributed by atoms with Crippen LogP contribution in [0.4, 0.5) is 0 Å². The fraction of sp³-hybridized carbons (Fsp3) is 0.333.